The molecule has 1 amide bonds. The third kappa shape index (κ3) is 3.13. The van der Waals surface area contributed by atoms with Gasteiger partial charge in [0.15, 0.2) is 0 Å². The molecule has 7 heteroatoms. The predicted octanol–water partition coefficient (Wildman–Crippen LogP) is 3.70. The molecule has 0 spiro atoms. The number of hydrogen-bond donors (Lipinski definition) is 1. The summed E-state index contributed by atoms with van der Waals surface area (Å²) in [7, 11) is 0. The van der Waals surface area contributed by atoms with Crippen molar-refractivity contribution in [2.75, 3.05) is 18.5 Å². The number of rotatable bonds is 4. The smallest absolute Gasteiger partial charge is 0.261 e. The fraction of sp³-hybridized carbons (Fsp3) is 0.200. The van der Waals surface area contributed by atoms with Gasteiger partial charge in [0, 0.05) is 11.9 Å². The Balaban J connectivity index is 1.73. The van der Waals surface area contributed by atoms with Gasteiger partial charge in [-0.3, -0.25) is 9.59 Å². The first-order valence-electron chi connectivity index (χ1n) is 8.61. The van der Waals surface area contributed by atoms with Crippen LogP contribution < -0.4 is 20.2 Å². The second-order valence-electron chi connectivity index (χ2n) is 6.09. The van der Waals surface area contributed by atoms with Crippen LogP contribution in [0.25, 0.3) is 10.9 Å². The van der Waals surface area contributed by atoms with E-state index in [0.29, 0.717) is 52.9 Å². The van der Waals surface area contributed by atoms with Crippen LogP contribution in [0.3, 0.4) is 0 Å². The lowest BCUT2D eigenvalue weighted by Gasteiger charge is -2.22. The van der Waals surface area contributed by atoms with E-state index in [1.807, 2.05) is 11.5 Å². The van der Waals surface area contributed by atoms with Crippen LogP contribution >= 0.6 is 11.6 Å². The Hall–Kier alpha value is -2.99. The molecule has 6 nitrogen and oxygen atoms in total. The number of ether oxygens (including phenoxy) is 2. The Labute approximate surface area is 160 Å². The second-order valence-corrected chi connectivity index (χ2v) is 6.50. The van der Waals surface area contributed by atoms with E-state index in [1.165, 1.54) is 0 Å². The maximum atomic E-state index is 12.9. The van der Waals surface area contributed by atoms with E-state index in [1.54, 1.807) is 42.6 Å². The maximum Gasteiger partial charge on any atom is 0.261 e. The number of amides is 1. The fourth-order valence-corrected chi connectivity index (χ4v) is 3.41. The maximum absolute atomic E-state index is 12.9. The van der Waals surface area contributed by atoms with Crippen molar-refractivity contribution in [3.8, 4) is 11.5 Å². The summed E-state index contributed by atoms with van der Waals surface area (Å²) in [6.07, 6.45) is 1.57. The number of hydrogen-bond acceptors (Lipinski definition) is 4. The molecule has 0 unspecified atom stereocenters. The van der Waals surface area contributed by atoms with E-state index in [9.17, 15) is 9.59 Å². The number of pyridine rings is 1. The monoisotopic (exact) mass is 384 g/mol. The number of nitrogens with one attached hydrogen (secondary N) is 1. The van der Waals surface area contributed by atoms with Gasteiger partial charge in [-0.1, -0.05) is 11.6 Å². The average Bonchev–Trinajstić information content (AvgIpc) is 2.67. The molecule has 0 bridgehead atoms. The molecule has 1 aliphatic heterocycles. The standard InChI is InChI=1S/C20H17ClN2O4/c1-2-26-13-5-3-12(4-6-13)22-20(25)14-11-23-9-10-27-16-8-7-15(21)17(18(16)23)19(14)24/h3-8,11H,2,9-10H2,1H3,(H,22,25). The van der Waals surface area contributed by atoms with Crippen LogP contribution in [-0.2, 0) is 6.54 Å². The summed E-state index contributed by atoms with van der Waals surface area (Å²) in [4.78, 5) is 25.7. The molecule has 27 heavy (non-hydrogen) atoms. The largest absolute Gasteiger partial charge is 0.494 e. The van der Waals surface area contributed by atoms with Gasteiger partial charge in [0.1, 0.15) is 23.7 Å². The molecule has 1 N–H and O–H groups in total. The lowest BCUT2D eigenvalue weighted by Crippen LogP contribution is -2.26. The van der Waals surface area contributed by atoms with E-state index in [2.05, 4.69) is 5.32 Å². The molecule has 0 saturated heterocycles. The predicted molar refractivity (Wildman–Crippen MR) is 104 cm³/mol. The van der Waals surface area contributed by atoms with Gasteiger partial charge in [0.2, 0.25) is 5.43 Å². The molecule has 4 rings (SSSR count). The molecule has 0 aliphatic carbocycles. The van der Waals surface area contributed by atoms with Gasteiger partial charge in [0.05, 0.1) is 29.1 Å². The third-order valence-electron chi connectivity index (χ3n) is 4.39. The zero-order chi connectivity index (χ0) is 19.0. The topological polar surface area (TPSA) is 69.6 Å². The van der Waals surface area contributed by atoms with Crippen molar-refractivity contribution in [1.29, 1.82) is 0 Å². The zero-order valence-corrected chi connectivity index (χ0v) is 15.4. The third-order valence-corrected chi connectivity index (χ3v) is 4.71. The minimum absolute atomic E-state index is 0.0392. The summed E-state index contributed by atoms with van der Waals surface area (Å²) in [5.41, 5.74) is 0.820. The highest BCUT2D eigenvalue weighted by Crippen LogP contribution is 2.32. The average molecular weight is 385 g/mol. The van der Waals surface area contributed by atoms with E-state index >= 15 is 0 Å². The molecule has 0 fully saturated rings. The minimum Gasteiger partial charge on any atom is -0.494 e. The Morgan fingerprint density at radius 3 is 2.78 bits per heavy atom. The Morgan fingerprint density at radius 1 is 1.26 bits per heavy atom. The molecule has 138 valence electrons. The van der Waals surface area contributed by atoms with Gasteiger partial charge in [-0.15, -0.1) is 0 Å². The lowest BCUT2D eigenvalue weighted by atomic mass is 10.1. The summed E-state index contributed by atoms with van der Waals surface area (Å²) in [5.74, 6) is 0.823. The second kappa shape index (κ2) is 6.96. The SMILES string of the molecule is CCOc1ccc(NC(=O)c2cn3c4c(ccc(Cl)c4c2=O)OCC3)cc1. The Bertz CT molecular complexity index is 1090. The van der Waals surface area contributed by atoms with Gasteiger partial charge in [-0.25, -0.2) is 0 Å². The van der Waals surface area contributed by atoms with Crippen LogP contribution in [0.15, 0.2) is 47.4 Å². The number of nitrogens with zero attached hydrogens (tertiary/aromatic N) is 1. The number of carbonyl (C=O) groups excluding carboxylic acids is 1. The lowest BCUT2D eigenvalue weighted by molar-refractivity contribution is 0.102. The summed E-state index contributed by atoms with van der Waals surface area (Å²) >= 11 is 6.26. The number of benzene rings is 2. The van der Waals surface area contributed by atoms with Gasteiger partial charge in [0.25, 0.3) is 5.91 Å². The summed E-state index contributed by atoms with van der Waals surface area (Å²) in [6.45, 7) is 3.46. The summed E-state index contributed by atoms with van der Waals surface area (Å²) in [5, 5.41) is 3.35. The molecule has 2 heterocycles. The number of carbonyl (C=O) groups is 1. The van der Waals surface area contributed by atoms with Crippen molar-refractivity contribution in [2.24, 2.45) is 0 Å². The quantitative estimate of drug-likeness (QED) is 0.744. The highest BCUT2D eigenvalue weighted by atomic mass is 35.5. The molecule has 3 aromatic rings. The van der Waals surface area contributed by atoms with E-state index in [4.69, 9.17) is 21.1 Å². The zero-order valence-electron chi connectivity index (χ0n) is 14.6. The Kier molecular flexibility index (Phi) is 4.49. The van der Waals surface area contributed by atoms with E-state index in [0.717, 1.165) is 0 Å². The van der Waals surface area contributed by atoms with Gasteiger partial charge in [-0.05, 0) is 43.3 Å². The first kappa shape index (κ1) is 17.4. The number of anilines is 1. The first-order chi connectivity index (χ1) is 13.1. The van der Waals surface area contributed by atoms with Crippen LogP contribution in [0.5, 0.6) is 11.5 Å². The highest BCUT2D eigenvalue weighted by molar-refractivity contribution is 6.35. The van der Waals surface area contributed by atoms with Crippen LogP contribution in [-0.4, -0.2) is 23.7 Å². The fourth-order valence-electron chi connectivity index (χ4n) is 3.17. The minimum atomic E-state index is -0.484. The molecule has 2 aromatic carbocycles. The molecule has 1 aromatic heterocycles. The van der Waals surface area contributed by atoms with Crippen LogP contribution in [0.2, 0.25) is 5.02 Å². The first-order valence-corrected chi connectivity index (χ1v) is 8.99. The van der Waals surface area contributed by atoms with Gasteiger partial charge < -0.3 is 19.4 Å². The van der Waals surface area contributed by atoms with E-state index < -0.39 is 11.3 Å². The van der Waals surface area contributed by atoms with Crippen molar-refractivity contribution in [3.05, 3.63) is 63.4 Å². The molecular formula is C20H17ClN2O4. The highest BCUT2D eigenvalue weighted by Gasteiger charge is 2.22. The molecule has 0 saturated carbocycles. The van der Waals surface area contributed by atoms with Crippen LogP contribution in [0.4, 0.5) is 5.69 Å². The van der Waals surface area contributed by atoms with E-state index in [-0.39, 0.29) is 5.56 Å². The number of aromatic nitrogens is 1. The molecule has 0 atom stereocenters. The van der Waals surface area contributed by atoms with Gasteiger partial charge in [-0.2, -0.15) is 0 Å². The van der Waals surface area contributed by atoms with Crippen molar-refractivity contribution >= 4 is 34.1 Å². The van der Waals surface area contributed by atoms with Crippen molar-refractivity contribution in [2.45, 2.75) is 13.5 Å². The normalized spacial score (nSPS) is 12.5. The van der Waals surface area contributed by atoms with Crippen molar-refractivity contribution in [1.82, 2.24) is 4.57 Å². The molecule has 0 radical (unpaired) electrons. The Morgan fingerprint density at radius 2 is 2.04 bits per heavy atom. The summed E-state index contributed by atoms with van der Waals surface area (Å²) in [6, 6.07) is 10.3. The van der Waals surface area contributed by atoms with Crippen molar-refractivity contribution in [3.63, 3.8) is 0 Å². The summed E-state index contributed by atoms with van der Waals surface area (Å²) < 4.78 is 12.8. The van der Waals surface area contributed by atoms with Crippen molar-refractivity contribution < 1.29 is 14.3 Å². The van der Waals surface area contributed by atoms with Crippen LogP contribution in [0.1, 0.15) is 17.3 Å². The van der Waals surface area contributed by atoms with Crippen LogP contribution in [0, 0.1) is 0 Å². The molecule has 1 aliphatic rings. The molecular weight excluding hydrogens is 368 g/mol. The number of halogens is 1. The van der Waals surface area contributed by atoms with Gasteiger partial charge >= 0.3 is 0 Å².